The van der Waals surface area contributed by atoms with Crippen LogP contribution in [0.3, 0.4) is 0 Å². The van der Waals surface area contributed by atoms with Crippen molar-refractivity contribution in [3.8, 4) is 5.75 Å². The second-order valence-corrected chi connectivity index (χ2v) is 5.86. The Kier molecular flexibility index (Phi) is 3.92. The minimum absolute atomic E-state index is 0.00549. The number of rotatable bonds is 3. The van der Waals surface area contributed by atoms with E-state index in [9.17, 15) is 4.79 Å². The molecule has 0 radical (unpaired) electrons. The number of benzene rings is 1. The van der Waals surface area contributed by atoms with Gasteiger partial charge in [-0.3, -0.25) is 4.79 Å². The Bertz CT molecular complexity index is 481. The van der Waals surface area contributed by atoms with Crippen LogP contribution >= 0.6 is 0 Å². The van der Waals surface area contributed by atoms with Gasteiger partial charge in [-0.25, -0.2) is 0 Å². The number of nitrogens with two attached hydrogens (primary N) is 1. The monoisotopic (exact) mass is 274 g/mol. The van der Waals surface area contributed by atoms with E-state index in [1.54, 1.807) is 0 Å². The van der Waals surface area contributed by atoms with Gasteiger partial charge in [0.1, 0.15) is 12.4 Å². The van der Waals surface area contributed by atoms with Crippen molar-refractivity contribution < 1.29 is 9.53 Å². The number of para-hydroxylation sites is 1. The molecule has 1 aliphatic carbocycles. The van der Waals surface area contributed by atoms with Crippen LogP contribution in [0.25, 0.3) is 0 Å². The molecule has 3 N–H and O–H groups in total. The Morgan fingerprint density at radius 3 is 2.75 bits per heavy atom. The Labute approximate surface area is 119 Å². The largest absolute Gasteiger partial charge is 0.491 e. The van der Waals surface area contributed by atoms with Crippen molar-refractivity contribution >= 4 is 5.91 Å². The van der Waals surface area contributed by atoms with Gasteiger partial charge in [0.05, 0.1) is 6.04 Å². The first-order chi connectivity index (χ1) is 9.78. The molecule has 4 heteroatoms. The molecular weight excluding hydrogens is 252 g/mol. The van der Waals surface area contributed by atoms with E-state index in [4.69, 9.17) is 10.5 Å². The molecule has 1 unspecified atom stereocenters. The third-order valence-electron chi connectivity index (χ3n) is 4.57. The summed E-state index contributed by atoms with van der Waals surface area (Å²) in [5.41, 5.74) is 6.79. The van der Waals surface area contributed by atoms with Crippen LogP contribution in [0.15, 0.2) is 24.3 Å². The van der Waals surface area contributed by atoms with Crippen molar-refractivity contribution in [2.24, 2.45) is 17.6 Å². The van der Waals surface area contributed by atoms with Crippen molar-refractivity contribution in [1.29, 1.82) is 0 Å². The fourth-order valence-corrected chi connectivity index (χ4v) is 3.23. The Morgan fingerprint density at radius 2 is 2.00 bits per heavy atom. The molecule has 1 fully saturated rings. The predicted molar refractivity (Wildman–Crippen MR) is 77.3 cm³/mol. The predicted octanol–water partition coefficient (Wildman–Crippen LogP) is 2.00. The second-order valence-electron chi connectivity index (χ2n) is 5.86. The quantitative estimate of drug-likeness (QED) is 0.886. The number of amides is 1. The molecule has 0 aromatic heterocycles. The maximum absolute atomic E-state index is 12.4. The highest BCUT2D eigenvalue weighted by molar-refractivity contribution is 5.79. The number of carbonyl (C=O) groups excluding carboxylic acids is 1. The van der Waals surface area contributed by atoms with Crippen LogP contribution in [0.4, 0.5) is 0 Å². The van der Waals surface area contributed by atoms with Gasteiger partial charge in [-0.05, 0) is 44.2 Å². The molecule has 20 heavy (non-hydrogen) atoms. The zero-order valence-corrected chi connectivity index (χ0v) is 11.7. The van der Waals surface area contributed by atoms with Gasteiger partial charge in [-0.15, -0.1) is 0 Å². The van der Waals surface area contributed by atoms with Crippen LogP contribution in [0, 0.1) is 11.8 Å². The van der Waals surface area contributed by atoms with Crippen LogP contribution in [0.5, 0.6) is 5.75 Å². The third-order valence-corrected chi connectivity index (χ3v) is 4.57. The van der Waals surface area contributed by atoms with Gasteiger partial charge in [0, 0.05) is 11.5 Å². The molecule has 1 atom stereocenters. The molecule has 1 aromatic carbocycles. The Balaban J connectivity index is 1.58. The minimum atomic E-state index is 0.00549. The topological polar surface area (TPSA) is 64.4 Å². The summed E-state index contributed by atoms with van der Waals surface area (Å²) in [7, 11) is 0. The van der Waals surface area contributed by atoms with Crippen LogP contribution < -0.4 is 15.8 Å². The molecule has 1 amide bonds. The van der Waals surface area contributed by atoms with Crippen LogP contribution in [-0.4, -0.2) is 19.1 Å². The zero-order valence-electron chi connectivity index (χ0n) is 11.7. The molecule has 0 spiro atoms. The lowest BCUT2D eigenvalue weighted by Gasteiger charge is -2.27. The van der Waals surface area contributed by atoms with E-state index in [2.05, 4.69) is 5.32 Å². The van der Waals surface area contributed by atoms with E-state index in [1.165, 1.54) is 0 Å². The van der Waals surface area contributed by atoms with Gasteiger partial charge >= 0.3 is 0 Å². The average Bonchev–Trinajstić information content (AvgIpc) is 2.91. The summed E-state index contributed by atoms with van der Waals surface area (Å²) < 4.78 is 5.60. The first kappa shape index (κ1) is 13.4. The fourth-order valence-electron chi connectivity index (χ4n) is 3.23. The molecule has 2 aliphatic rings. The lowest BCUT2D eigenvalue weighted by atomic mass is 9.81. The van der Waals surface area contributed by atoms with Gasteiger partial charge in [-0.1, -0.05) is 18.2 Å². The number of carbonyl (C=O) groups is 1. The fraction of sp³-hybridized carbons (Fsp3) is 0.562. The summed E-state index contributed by atoms with van der Waals surface area (Å²) in [5, 5.41) is 3.14. The van der Waals surface area contributed by atoms with E-state index in [-0.39, 0.29) is 17.9 Å². The second kappa shape index (κ2) is 5.83. The van der Waals surface area contributed by atoms with E-state index in [1.807, 2.05) is 24.3 Å². The SMILES string of the molecule is NCC1CCC(C(=O)NC2COc3ccccc32)CC1. The maximum Gasteiger partial charge on any atom is 0.223 e. The molecule has 4 nitrogen and oxygen atoms in total. The molecule has 1 aromatic rings. The molecular formula is C16H22N2O2. The van der Waals surface area contributed by atoms with Crippen LogP contribution in [0.2, 0.25) is 0 Å². The molecule has 0 saturated heterocycles. The van der Waals surface area contributed by atoms with E-state index < -0.39 is 0 Å². The van der Waals surface area contributed by atoms with Gasteiger partial charge in [0.15, 0.2) is 0 Å². The van der Waals surface area contributed by atoms with Crippen LogP contribution in [-0.2, 0) is 4.79 Å². The molecule has 3 rings (SSSR count). The highest BCUT2D eigenvalue weighted by Crippen LogP contribution is 2.33. The first-order valence-electron chi connectivity index (χ1n) is 7.50. The lowest BCUT2D eigenvalue weighted by molar-refractivity contribution is -0.127. The van der Waals surface area contributed by atoms with Crippen molar-refractivity contribution in [2.75, 3.05) is 13.2 Å². The Morgan fingerprint density at radius 1 is 1.25 bits per heavy atom. The number of hydrogen-bond donors (Lipinski definition) is 2. The van der Waals surface area contributed by atoms with E-state index >= 15 is 0 Å². The molecule has 108 valence electrons. The average molecular weight is 274 g/mol. The number of hydrogen-bond acceptors (Lipinski definition) is 3. The van der Waals surface area contributed by atoms with Gasteiger partial charge in [-0.2, -0.15) is 0 Å². The Hall–Kier alpha value is -1.55. The highest BCUT2D eigenvalue weighted by atomic mass is 16.5. The van der Waals surface area contributed by atoms with Gasteiger partial charge in [0.25, 0.3) is 0 Å². The summed E-state index contributed by atoms with van der Waals surface area (Å²) >= 11 is 0. The third kappa shape index (κ3) is 2.66. The standard InChI is InChI=1S/C16H22N2O2/c17-9-11-5-7-12(8-6-11)16(19)18-14-10-20-15-4-2-1-3-13(14)15/h1-4,11-12,14H,5-10,17H2,(H,18,19). The summed E-state index contributed by atoms with van der Waals surface area (Å²) in [4.78, 5) is 12.4. The molecule has 1 aliphatic heterocycles. The first-order valence-corrected chi connectivity index (χ1v) is 7.50. The summed E-state index contributed by atoms with van der Waals surface area (Å²) in [6.45, 7) is 1.29. The maximum atomic E-state index is 12.4. The van der Waals surface area contributed by atoms with Crippen LogP contribution in [0.1, 0.15) is 37.3 Å². The van der Waals surface area contributed by atoms with Gasteiger partial charge < -0.3 is 15.8 Å². The highest BCUT2D eigenvalue weighted by Gasteiger charge is 2.30. The summed E-state index contributed by atoms with van der Waals surface area (Å²) in [6.07, 6.45) is 4.07. The molecule has 0 bridgehead atoms. The molecule has 1 saturated carbocycles. The van der Waals surface area contributed by atoms with E-state index in [0.717, 1.165) is 43.5 Å². The number of nitrogens with one attached hydrogen (secondary N) is 1. The molecule has 1 heterocycles. The number of fused-ring (bicyclic) bond motifs is 1. The van der Waals surface area contributed by atoms with Crippen molar-refractivity contribution in [3.63, 3.8) is 0 Å². The summed E-state index contributed by atoms with van der Waals surface area (Å²) in [5.74, 6) is 1.82. The van der Waals surface area contributed by atoms with Crippen molar-refractivity contribution in [1.82, 2.24) is 5.32 Å². The zero-order chi connectivity index (χ0) is 13.9. The number of ether oxygens (including phenoxy) is 1. The van der Waals surface area contributed by atoms with Crippen molar-refractivity contribution in [3.05, 3.63) is 29.8 Å². The smallest absolute Gasteiger partial charge is 0.223 e. The van der Waals surface area contributed by atoms with E-state index in [0.29, 0.717) is 12.5 Å². The van der Waals surface area contributed by atoms with Gasteiger partial charge in [0.2, 0.25) is 5.91 Å². The lowest BCUT2D eigenvalue weighted by Crippen LogP contribution is -2.37. The minimum Gasteiger partial charge on any atom is -0.491 e. The normalized spacial score (nSPS) is 28.6. The van der Waals surface area contributed by atoms with Crippen molar-refractivity contribution in [2.45, 2.75) is 31.7 Å². The summed E-state index contributed by atoms with van der Waals surface area (Å²) in [6, 6.07) is 7.92.